The van der Waals surface area contributed by atoms with Gasteiger partial charge < -0.3 is 25.4 Å². The lowest BCUT2D eigenvalue weighted by atomic mass is 10.0. The Morgan fingerprint density at radius 2 is 1.97 bits per heavy atom. The first-order valence-electron chi connectivity index (χ1n) is 11.8. The molecule has 0 spiro atoms. The van der Waals surface area contributed by atoms with Gasteiger partial charge in [-0.05, 0) is 64.1 Å². The van der Waals surface area contributed by atoms with Crippen molar-refractivity contribution < 1.29 is 13.2 Å². The highest BCUT2D eigenvalue weighted by Crippen LogP contribution is 2.36. The van der Waals surface area contributed by atoms with E-state index in [9.17, 15) is 13.2 Å². The van der Waals surface area contributed by atoms with Gasteiger partial charge in [-0.25, -0.2) is 0 Å². The molecule has 1 atom stereocenters. The van der Waals surface area contributed by atoms with Crippen molar-refractivity contribution in [1.82, 2.24) is 30.3 Å². The number of likely N-dealkylation sites (tertiary alicyclic amines) is 1. The van der Waals surface area contributed by atoms with E-state index in [-0.39, 0.29) is 0 Å². The Bertz CT molecular complexity index is 1110. The van der Waals surface area contributed by atoms with Crippen LogP contribution in [0.25, 0.3) is 21.6 Å². The second kappa shape index (κ2) is 9.80. The highest BCUT2D eigenvalue weighted by molar-refractivity contribution is 7.14. The van der Waals surface area contributed by atoms with Gasteiger partial charge in [0, 0.05) is 29.7 Å². The van der Waals surface area contributed by atoms with Crippen molar-refractivity contribution in [1.29, 1.82) is 0 Å². The van der Waals surface area contributed by atoms with Crippen molar-refractivity contribution in [3.8, 4) is 10.7 Å². The van der Waals surface area contributed by atoms with Crippen molar-refractivity contribution in [3.63, 3.8) is 0 Å². The molecule has 34 heavy (non-hydrogen) atoms. The SMILES string of the molecule is CN1CCC(Nc2cccc3c2cc(-c2nnc(CNC4CCNC4)s2)n3CC(F)(F)F)CC1. The Labute approximate surface area is 200 Å². The number of hydrogen-bond donors (Lipinski definition) is 3. The standard InChI is InChI=1S/C23H30F3N7S/c1-32-9-6-15(7-10-32)29-18-3-2-4-19-17(18)11-20(33(19)14-23(24,25)26)22-31-30-21(34-22)13-28-16-5-8-27-12-16/h2-4,11,15-16,27-29H,5-10,12-14H2,1H3. The Morgan fingerprint density at radius 1 is 1.15 bits per heavy atom. The molecule has 2 fully saturated rings. The maximum absolute atomic E-state index is 13.6. The summed E-state index contributed by atoms with van der Waals surface area (Å²) in [6.45, 7) is 3.42. The lowest BCUT2D eigenvalue weighted by molar-refractivity contribution is -0.139. The lowest BCUT2D eigenvalue weighted by Crippen LogP contribution is -2.36. The van der Waals surface area contributed by atoms with E-state index in [4.69, 9.17) is 0 Å². The molecule has 3 aromatic rings. The molecule has 1 aromatic carbocycles. The first-order valence-corrected chi connectivity index (χ1v) is 12.6. The minimum Gasteiger partial charge on any atom is -0.382 e. The second-order valence-electron chi connectivity index (χ2n) is 9.26. The molecule has 0 bridgehead atoms. The third kappa shape index (κ3) is 5.37. The average Bonchev–Trinajstić information content (AvgIpc) is 3.54. The number of fused-ring (bicyclic) bond motifs is 1. The van der Waals surface area contributed by atoms with Crippen LogP contribution in [0.3, 0.4) is 0 Å². The molecule has 4 heterocycles. The molecular formula is C23H30F3N7S. The fraction of sp³-hybridized carbons (Fsp3) is 0.565. The first-order chi connectivity index (χ1) is 16.4. The predicted octanol–water partition coefficient (Wildman–Crippen LogP) is 3.68. The molecule has 0 radical (unpaired) electrons. The average molecular weight is 494 g/mol. The molecule has 7 nitrogen and oxygen atoms in total. The van der Waals surface area contributed by atoms with Gasteiger partial charge in [-0.1, -0.05) is 17.4 Å². The zero-order valence-electron chi connectivity index (χ0n) is 19.2. The number of halogens is 3. The molecule has 2 aliphatic heterocycles. The highest BCUT2D eigenvalue weighted by atomic mass is 32.1. The number of anilines is 1. The van der Waals surface area contributed by atoms with E-state index in [0.717, 1.165) is 61.5 Å². The van der Waals surface area contributed by atoms with Crippen molar-refractivity contribution in [2.75, 3.05) is 38.5 Å². The van der Waals surface area contributed by atoms with E-state index in [1.807, 2.05) is 18.2 Å². The summed E-state index contributed by atoms with van der Waals surface area (Å²) in [5.41, 5.74) is 1.88. The van der Waals surface area contributed by atoms with Crippen LogP contribution in [0.5, 0.6) is 0 Å². The number of benzene rings is 1. The van der Waals surface area contributed by atoms with Gasteiger partial charge in [-0.15, -0.1) is 10.2 Å². The molecule has 2 saturated heterocycles. The van der Waals surface area contributed by atoms with E-state index >= 15 is 0 Å². The zero-order valence-corrected chi connectivity index (χ0v) is 20.0. The molecule has 2 aliphatic rings. The largest absolute Gasteiger partial charge is 0.406 e. The molecule has 1 unspecified atom stereocenters. The van der Waals surface area contributed by atoms with Crippen LogP contribution in [0.2, 0.25) is 0 Å². The first kappa shape index (κ1) is 23.5. The number of nitrogens with zero attached hydrogens (tertiary/aromatic N) is 4. The van der Waals surface area contributed by atoms with E-state index in [0.29, 0.717) is 34.8 Å². The summed E-state index contributed by atoms with van der Waals surface area (Å²) >= 11 is 1.35. The number of alkyl halides is 3. The topological polar surface area (TPSA) is 70.0 Å². The Morgan fingerprint density at radius 3 is 2.71 bits per heavy atom. The summed E-state index contributed by atoms with van der Waals surface area (Å²) in [6.07, 6.45) is -1.28. The molecule has 11 heteroatoms. The van der Waals surface area contributed by atoms with Crippen LogP contribution in [0.15, 0.2) is 24.3 Å². The third-order valence-corrected chi connectivity index (χ3v) is 7.60. The second-order valence-corrected chi connectivity index (χ2v) is 10.3. The van der Waals surface area contributed by atoms with Gasteiger partial charge in [-0.3, -0.25) is 0 Å². The Balaban J connectivity index is 1.45. The van der Waals surface area contributed by atoms with Crippen LogP contribution in [0.1, 0.15) is 24.3 Å². The molecule has 0 amide bonds. The normalized spacial score (nSPS) is 20.4. The number of rotatable bonds is 7. The van der Waals surface area contributed by atoms with Crippen LogP contribution >= 0.6 is 11.3 Å². The summed E-state index contributed by atoms with van der Waals surface area (Å²) in [6, 6.07) is 8.05. The number of piperidine rings is 1. The maximum Gasteiger partial charge on any atom is 0.406 e. The van der Waals surface area contributed by atoms with Crippen LogP contribution in [-0.2, 0) is 13.1 Å². The van der Waals surface area contributed by atoms with Crippen LogP contribution < -0.4 is 16.0 Å². The molecule has 0 aliphatic carbocycles. The maximum atomic E-state index is 13.6. The van der Waals surface area contributed by atoms with Crippen molar-refractivity contribution >= 4 is 27.9 Å². The lowest BCUT2D eigenvalue weighted by Gasteiger charge is -2.30. The molecule has 0 saturated carbocycles. The van der Waals surface area contributed by atoms with Gasteiger partial charge in [0.25, 0.3) is 0 Å². The number of aromatic nitrogens is 3. The van der Waals surface area contributed by atoms with Crippen molar-refractivity contribution in [3.05, 3.63) is 29.3 Å². The van der Waals surface area contributed by atoms with E-state index in [1.165, 1.54) is 15.9 Å². The third-order valence-electron chi connectivity index (χ3n) is 6.65. The minimum atomic E-state index is -4.34. The van der Waals surface area contributed by atoms with Crippen LogP contribution in [-0.4, -0.2) is 71.2 Å². The summed E-state index contributed by atoms with van der Waals surface area (Å²) in [5.74, 6) is 0. The summed E-state index contributed by atoms with van der Waals surface area (Å²) in [5, 5.41) is 20.9. The van der Waals surface area contributed by atoms with Gasteiger partial charge in [0.2, 0.25) is 0 Å². The van der Waals surface area contributed by atoms with Gasteiger partial charge >= 0.3 is 6.18 Å². The Kier molecular flexibility index (Phi) is 6.79. The fourth-order valence-electron chi connectivity index (χ4n) is 4.80. The van der Waals surface area contributed by atoms with E-state index < -0.39 is 12.7 Å². The Hall–Kier alpha value is -2.21. The quantitative estimate of drug-likeness (QED) is 0.467. The van der Waals surface area contributed by atoms with Crippen LogP contribution in [0.4, 0.5) is 18.9 Å². The zero-order chi connectivity index (χ0) is 23.7. The molecule has 184 valence electrons. The molecule has 2 aromatic heterocycles. The highest BCUT2D eigenvalue weighted by Gasteiger charge is 2.31. The van der Waals surface area contributed by atoms with E-state index in [1.54, 1.807) is 6.07 Å². The summed E-state index contributed by atoms with van der Waals surface area (Å²) in [7, 11) is 2.11. The minimum absolute atomic E-state index is 0.306. The monoisotopic (exact) mass is 493 g/mol. The van der Waals surface area contributed by atoms with Gasteiger partial charge in [-0.2, -0.15) is 13.2 Å². The number of nitrogens with one attached hydrogen (secondary N) is 3. The summed E-state index contributed by atoms with van der Waals surface area (Å²) < 4.78 is 42.0. The fourth-order valence-corrected chi connectivity index (χ4v) is 5.61. The van der Waals surface area contributed by atoms with Crippen molar-refractivity contribution in [2.45, 2.75) is 50.6 Å². The van der Waals surface area contributed by atoms with Crippen LogP contribution in [0, 0.1) is 0 Å². The molecule has 3 N–H and O–H groups in total. The summed E-state index contributed by atoms with van der Waals surface area (Å²) in [4.78, 5) is 2.29. The molecule has 5 rings (SSSR count). The van der Waals surface area contributed by atoms with E-state index in [2.05, 4.69) is 38.1 Å². The predicted molar refractivity (Wildman–Crippen MR) is 129 cm³/mol. The van der Waals surface area contributed by atoms with Crippen molar-refractivity contribution in [2.24, 2.45) is 0 Å². The number of hydrogen-bond acceptors (Lipinski definition) is 7. The van der Waals surface area contributed by atoms with Gasteiger partial charge in [0.15, 0.2) is 5.01 Å². The smallest absolute Gasteiger partial charge is 0.382 e. The van der Waals surface area contributed by atoms with Gasteiger partial charge in [0.05, 0.1) is 17.8 Å². The molecular weight excluding hydrogens is 463 g/mol. The van der Waals surface area contributed by atoms with Gasteiger partial charge in [0.1, 0.15) is 11.6 Å².